The van der Waals surface area contributed by atoms with E-state index in [-0.39, 0.29) is 12.5 Å². The topological polar surface area (TPSA) is 76.1 Å². The van der Waals surface area contributed by atoms with Gasteiger partial charge in [-0.1, -0.05) is 6.92 Å². The van der Waals surface area contributed by atoms with Crippen molar-refractivity contribution in [3.63, 3.8) is 0 Å². The van der Waals surface area contributed by atoms with Crippen LogP contribution in [0.25, 0.3) is 0 Å². The third-order valence-corrected chi connectivity index (χ3v) is 2.04. The van der Waals surface area contributed by atoms with Crippen LogP contribution in [-0.2, 0) is 9.53 Å². The second-order valence-electron chi connectivity index (χ2n) is 3.54. The number of nitrogens with zero attached hydrogens (tertiary/aromatic N) is 2. The summed E-state index contributed by atoms with van der Waals surface area (Å²) < 4.78 is 4.54. The van der Waals surface area contributed by atoms with Crippen LogP contribution in [0.2, 0.25) is 0 Å². The van der Waals surface area contributed by atoms with Gasteiger partial charge in [0.15, 0.2) is 0 Å². The molecular formula is C11H18N4O2. The Bertz CT molecular complexity index is 382. The largest absolute Gasteiger partial charge is 0.468 e. The van der Waals surface area contributed by atoms with Gasteiger partial charge in [-0.25, -0.2) is 9.97 Å². The van der Waals surface area contributed by atoms with Gasteiger partial charge in [0.1, 0.15) is 24.0 Å². The number of hydrogen-bond donors (Lipinski definition) is 2. The molecule has 1 heterocycles. The van der Waals surface area contributed by atoms with E-state index >= 15 is 0 Å². The van der Waals surface area contributed by atoms with E-state index < -0.39 is 0 Å². The number of anilines is 2. The second-order valence-corrected chi connectivity index (χ2v) is 3.54. The third-order valence-electron chi connectivity index (χ3n) is 2.04. The summed E-state index contributed by atoms with van der Waals surface area (Å²) in [4.78, 5) is 19.4. The Kier molecular flexibility index (Phi) is 5.19. The van der Waals surface area contributed by atoms with Crippen LogP contribution >= 0.6 is 0 Å². The Labute approximate surface area is 101 Å². The zero-order valence-electron chi connectivity index (χ0n) is 10.4. The molecule has 0 saturated heterocycles. The SMILES string of the molecule is CCCNc1cc(NCC(=O)OC)nc(C)n1. The highest BCUT2D eigenvalue weighted by Gasteiger charge is 2.04. The molecule has 0 atom stereocenters. The molecule has 0 unspecified atom stereocenters. The number of esters is 1. The summed E-state index contributed by atoms with van der Waals surface area (Å²) in [6.45, 7) is 4.84. The fourth-order valence-electron chi connectivity index (χ4n) is 1.24. The molecule has 0 spiro atoms. The highest BCUT2D eigenvalue weighted by atomic mass is 16.5. The van der Waals surface area contributed by atoms with Crippen LogP contribution in [0.5, 0.6) is 0 Å². The number of methoxy groups -OCH3 is 1. The maximum Gasteiger partial charge on any atom is 0.325 e. The van der Waals surface area contributed by atoms with Crippen molar-refractivity contribution >= 4 is 17.6 Å². The van der Waals surface area contributed by atoms with E-state index in [0.717, 1.165) is 18.8 Å². The highest BCUT2D eigenvalue weighted by Crippen LogP contribution is 2.10. The van der Waals surface area contributed by atoms with Crippen molar-refractivity contribution in [1.29, 1.82) is 0 Å². The minimum atomic E-state index is -0.329. The van der Waals surface area contributed by atoms with E-state index in [1.807, 2.05) is 0 Å². The lowest BCUT2D eigenvalue weighted by Gasteiger charge is -2.08. The summed E-state index contributed by atoms with van der Waals surface area (Å²) in [5, 5.41) is 6.06. The van der Waals surface area contributed by atoms with Gasteiger partial charge >= 0.3 is 5.97 Å². The van der Waals surface area contributed by atoms with Crippen LogP contribution in [0.3, 0.4) is 0 Å². The van der Waals surface area contributed by atoms with Crippen molar-refractivity contribution in [1.82, 2.24) is 9.97 Å². The molecule has 0 saturated carbocycles. The van der Waals surface area contributed by atoms with Crippen LogP contribution in [0.4, 0.5) is 11.6 Å². The number of carbonyl (C=O) groups is 1. The molecule has 0 bridgehead atoms. The predicted molar refractivity (Wildman–Crippen MR) is 66.1 cm³/mol. The lowest BCUT2D eigenvalue weighted by molar-refractivity contribution is -0.138. The Morgan fingerprint density at radius 1 is 1.35 bits per heavy atom. The van der Waals surface area contributed by atoms with Crippen molar-refractivity contribution in [3.8, 4) is 0 Å². The molecule has 1 aromatic heterocycles. The predicted octanol–water partition coefficient (Wildman–Crippen LogP) is 1.19. The quantitative estimate of drug-likeness (QED) is 0.725. The first-order valence-corrected chi connectivity index (χ1v) is 5.56. The third kappa shape index (κ3) is 4.67. The lowest BCUT2D eigenvalue weighted by Crippen LogP contribution is -2.16. The lowest BCUT2D eigenvalue weighted by atomic mass is 10.4. The van der Waals surface area contributed by atoms with E-state index in [4.69, 9.17) is 0 Å². The summed E-state index contributed by atoms with van der Waals surface area (Å²) in [5.74, 6) is 1.69. The normalized spacial score (nSPS) is 9.82. The number of aryl methyl sites for hydroxylation is 1. The molecule has 6 heteroatoms. The van der Waals surface area contributed by atoms with Crippen molar-refractivity contribution in [2.24, 2.45) is 0 Å². The summed E-state index contributed by atoms with van der Waals surface area (Å²) in [6, 6.07) is 1.77. The Balaban J connectivity index is 2.65. The van der Waals surface area contributed by atoms with Gasteiger partial charge in [0, 0.05) is 12.6 Å². The Morgan fingerprint density at radius 2 is 2.00 bits per heavy atom. The van der Waals surface area contributed by atoms with E-state index in [1.54, 1.807) is 13.0 Å². The van der Waals surface area contributed by atoms with Gasteiger partial charge in [0.05, 0.1) is 7.11 Å². The zero-order chi connectivity index (χ0) is 12.7. The molecule has 2 N–H and O–H groups in total. The number of ether oxygens (including phenoxy) is 1. The molecule has 0 aliphatic heterocycles. The van der Waals surface area contributed by atoms with Crippen LogP contribution in [0.15, 0.2) is 6.07 Å². The standard InChI is InChI=1S/C11H18N4O2/c1-4-5-12-9-6-10(15-8(2)14-9)13-7-11(16)17-3/h6H,4-5,7H2,1-3H3,(H2,12,13,14,15). The van der Waals surface area contributed by atoms with E-state index in [1.165, 1.54) is 7.11 Å². The smallest absolute Gasteiger partial charge is 0.325 e. The molecule has 0 fully saturated rings. The first-order chi connectivity index (χ1) is 8.15. The molecule has 0 radical (unpaired) electrons. The first-order valence-electron chi connectivity index (χ1n) is 5.56. The van der Waals surface area contributed by atoms with Crippen LogP contribution in [0.1, 0.15) is 19.2 Å². The van der Waals surface area contributed by atoms with E-state index in [0.29, 0.717) is 11.6 Å². The van der Waals surface area contributed by atoms with Crippen molar-refractivity contribution < 1.29 is 9.53 Å². The first kappa shape index (κ1) is 13.2. The Hall–Kier alpha value is -1.85. The molecule has 0 aromatic carbocycles. The monoisotopic (exact) mass is 238 g/mol. The number of nitrogens with one attached hydrogen (secondary N) is 2. The van der Waals surface area contributed by atoms with E-state index in [2.05, 4.69) is 32.3 Å². The average molecular weight is 238 g/mol. The van der Waals surface area contributed by atoms with Crippen LogP contribution < -0.4 is 10.6 Å². The second kappa shape index (κ2) is 6.67. The van der Waals surface area contributed by atoms with Crippen molar-refractivity contribution in [2.75, 3.05) is 30.8 Å². The van der Waals surface area contributed by atoms with Crippen LogP contribution in [0, 0.1) is 6.92 Å². The fourth-order valence-corrected chi connectivity index (χ4v) is 1.24. The Morgan fingerprint density at radius 3 is 2.59 bits per heavy atom. The number of aromatic nitrogens is 2. The summed E-state index contributed by atoms with van der Waals surface area (Å²) in [6.07, 6.45) is 1.02. The summed E-state index contributed by atoms with van der Waals surface area (Å²) >= 11 is 0. The molecule has 0 amide bonds. The zero-order valence-corrected chi connectivity index (χ0v) is 10.4. The summed E-state index contributed by atoms with van der Waals surface area (Å²) in [5.41, 5.74) is 0. The van der Waals surface area contributed by atoms with Crippen LogP contribution in [-0.4, -0.2) is 36.1 Å². The van der Waals surface area contributed by atoms with Gasteiger partial charge in [-0.15, -0.1) is 0 Å². The number of hydrogen-bond acceptors (Lipinski definition) is 6. The number of carbonyl (C=O) groups excluding carboxylic acids is 1. The van der Waals surface area contributed by atoms with Gasteiger partial charge in [-0.2, -0.15) is 0 Å². The van der Waals surface area contributed by atoms with Crippen molar-refractivity contribution in [2.45, 2.75) is 20.3 Å². The van der Waals surface area contributed by atoms with E-state index in [9.17, 15) is 4.79 Å². The van der Waals surface area contributed by atoms with Gasteiger partial charge < -0.3 is 15.4 Å². The number of rotatable bonds is 6. The maximum atomic E-state index is 11.0. The minimum absolute atomic E-state index is 0.0974. The maximum absolute atomic E-state index is 11.0. The average Bonchev–Trinajstić information content (AvgIpc) is 2.32. The van der Waals surface area contributed by atoms with Gasteiger partial charge in [0.2, 0.25) is 0 Å². The molecule has 1 rings (SSSR count). The molecule has 1 aromatic rings. The summed E-state index contributed by atoms with van der Waals surface area (Å²) in [7, 11) is 1.35. The molecule has 94 valence electrons. The highest BCUT2D eigenvalue weighted by molar-refractivity contribution is 5.74. The molecule has 6 nitrogen and oxygen atoms in total. The van der Waals surface area contributed by atoms with Gasteiger partial charge in [0.25, 0.3) is 0 Å². The van der Waals surface area contributed by atoms with Crippen molar-refractivity contribution in [3.05, 3.63) is 11.9 Å². The van der Waals surface area contributed by atoms with Gasteiger partial charge in [-0.05, 0) is 13.3 Å². The molecule has 0 aliphatic carbocycles. The minimum Gasteiger partial charge on any atom is -0.468 e. The molecule has 0 aliphatic rings. The van der Waals surface area contributed by atoms with Gasteiger partial charge in [-0.3, -0.25) is 4.79 Å². The molecule has 17 heavy (non-hydrogen) atoms. The fraction of sp³-hybridized carbons (Fsp3) is 0.545. The molecular weight excluding hydrogens is 220 g/mol.